The van der Waals surface area contributed by atoms with E-state index in [9.17, 15) is 19.2 Å². The van der Waals surface area contributed by atoms with Gasteiger partial charge in [-0.05, 0) is 100 Å². The third-order valence-electron chi connectivity index (χ3n) is 10.1. The van der Waals surface area contributed by atoms with Crippen LogP contribution in [0.25, 0.3) is 22.2 Å². The molecule has 3 aliphatic rings. The predicted molar refractivity (Wildman–Crippen MR) is 192 cm³/mol. The summed E-state index contributed by atoms with van der Waals surface area (Å²) in [5, 5.41) is 6.99. The third-order valence-corrected chi connectivity index (χ3v) is 10.1. The van der Waals surface area contributed by atoms with Crippen molar-refractivity contribution in [3.63, 3.8) is 0 Å². The smallest absolute Gasteiger partial charge is 0.252 e. The Morgan fingerprint density at radius 3 is 2.12 bits per heavy atom. The monoisotopic (exact) mass is 676 g/mol. The fourth-order valence-electron chi connectivity index (χ4n) is 7.57. The summed E-state index contributed by atoms with van der Waals surface area (Å²) in [6.45, 7) is 1.72. The van der Waals surface area contributed by atoms with Crippen molar-refractivity contribution < 1.29 is 23.9 Å². The zero-order chi connectivity index (χ0) is 34.8. The first-order chi connectivity index (χ1) is 24.3. The fourth-order valence-corrected chi connectivity index (χ4v) is 7.57. The Bertz CT molecular complexity index is 1870. The summed E-state index contributed by atoms with van der Waals surface area (Å²) in [5.41, 5.74) is 4.99. The molecule has 7 rings (SSSR count). The predicted octanol–water partition coefficient (Wildman–Crippen LogP) is 5.18. The van der Waals surface area contributed by atoms with E-state index in [4.69, 9.17) is 4.74 Å². The lowest BCUT2D eigenvalue weighted by atomic mass is 10.0. The van der Waals surface area contributed by atoms with E-state index >= 15 is 0 Å². The zero-order valence-electron chi connectivity index (χ0n) is 28.6. The molecular weight excluding hydrogens is 632 g/mol. The van der Waals surface area contributed by atoms with E-state index < -0.39 is 24.2 Å². The second kappa shape index (κ2) is 14.5. The number of H-pyrrole nitrogens is 1. The minimum atomic E-state index is -0.538. The molecule has 4 heterocycles. The van der Waals surface area contributed by atoms with Crippen LogP contribution in [-0.4, -0.2) is 95.3 Å². The van der Waals surface area contributed by atoms with Crippen molar-refractivity contribution in [3.05, 3.63) is 84.4 Å². The molecular formula is C39H44N6O5. The zero-order valence-corrected chi connectivity index (χ0v) is 28.6. The number of nitrogens with zero attached hydrogens (tertiary/aromatic N) is 3. The van der Waals surface area contributed by atoms with Gasteiger partial charge >= 0.3 is 0 Å². The number of fused-ring (bicyclic) bond motifs is 1. The maximum Gasteiger partial charge on any atom is 0.252 e. The molecule has 0 bridgehead atoms. The number of amides is 4. The molecule has 4 aromatic rings. The highest BCUT2D eigenvalue weighted by molar-refractivity contribution is 6.01. The number of aromatic nitrogens is 1. The van der Waals surface area contributed by atoms with E-state index in [0.29, 0.717) is 50.3 Å². The van der Waals surface area contributed by atoms with Gasteiger partial charge in [0.05, 0.1) is 0 Å². The van der Waals surface area contributed by atoms with Gasteiger partial charge in [0.1, 0.15) is 24.2 Å². The van der Waals surface area contributed by atoms with Crippen molar-refractivity contribution in [3.8, 4) is 11.3 Å². The Morgan fingerprint density at radius 2 is 1.44 bits per heavy atom. The van der Waals surface area contributed by atoms with Gasteiger partial charge in [-0.1, -0.05) is 42.5 Å². The third kappa shape index (κ3) is 6.88. The Labute approximate surface area is 291 Å². The van der Waals surface area contributed by atoms with Crippen molar-refractivity contribution in [1.29, 1.82) is 0 Å². The summed E-state index contributed by atoms with van der Waals surface area (Å²) in [4.78, 5) is 62.1. The normalized spacial score (nSPS) is 21.1. The van der Waals surface area contributed by atoms with Crippen LogP contribution in [0.4, 0.5) is 11.4 Å². The second-order valence-electron chi connectivity index (χ2n) is 13.7. The maximum absolute atomic E-state index is 13.7. The first-order valence-corrected chi connectivity index (χ1v) is 17.6. The second-order valence-corrected chi connectivity index (χ2v) is 13.7. The largest absolute Gasteiger partial charge is 0.368 e. The minimum Gasteiger partial charge on any atom is -0.368 e. The Hall–Kier alpha value is -5.00. The average molecular weight is 677 g/mol. The van der Waals surface area contributed by atoms with Crippen molar-refractivity contribution in [1.82, 2.24) is 19.7 Å². The standard InChI is InChI=1S/C39H44N6O5/c1-43(2)35(26-9-4-3-5-10-26)39(49)45-21-7-12-33(45)37(47)41-29-18-19-30-27(23-29)24-31(42-30)25-14-16-28(17-15-25)40-36(46)32-11-6-20-44(32)38(48)34-13-8-22-50-34/h3-5,9-10,14-19,23-24,32-35,42H,6-8,11-13,20-22H2,1-2H3,(H,40,46)(H,41,47)/t32-,33-,34+,35+/m0/s1. The number of carbonyl (C=O) groups is 4. The van der Waals surface area contributed by atoms with Gasteiger partial charge in [0.25, 0.3) is 5.91 Å². The van der Waals surface area contributed by atoms with Crippen molar-refractivity contribution in [2.45, 2.75) is 62.8 Å². The van der Waals surface area contributed by atoms with E-state index in [1.165, 1.54) is 0 Å². The number of hydrogen-bond acceptors (Lipinski definition) is 6. The summed E-state index contributed by atoms with van der Waals surface area (Å²) in [5.74, 6) is -0.517. The number of carbonyl (C=O) groups excluding carboxylic acids is 4. The number of nitrogens with one attached hydrogen (secondary N) is 3. The molecule has 0 saturated carbocycles. The summed E-state index contributed by atoms with van der Waals surface area (Å²) in [6.07, 6.45) is 3.98. The molecule has 11 heteroatoms. The highest BCUT2D eigenvalue weighted by Gasteiger charge is 2.39. The van der Waals surface area contributed by atoms with Gasteiger partial charge in [-0.2, -0.15) is 0 Å². The van der Waals surface area contributed by atoms with Gasteiger partial charge in [0, 0.05) is 47.7 Å². The summed E-state index contributed by atoms with van der Waals surface area (Å²) >= 11 is 0. The highest BCUT2D eigenvalue weighted by Crippen LogP contribution is 2.30. The molecule has 50 heavy (non-hydrogen) atoms. The maximum atomic E-state index is 13.7. The molecule has 0 unspecified atom stereocenters. The van der Waals surface area contributed by atoms with E-state index in [1.54, 1.807) is 9.80 Å². The number of likely N-dealkylation sites (tertiary alicyclic amines) is 2. The molecule has 0 aliphatic carbocycles. The summed E-state index contributed by atoms with van der Waals surface area (Å²) < 4.78 is 5.57. The van der Waals surface area contributed by atoms with E-state index in [2.05, 4.69) is 15.6 Å². The number of benzene rings is 3. The number of ether oxygens (including phenoxy) is 1. The van der Waals surface area contributed by atoms with Gasteiger partial charge in [-0.25, -0.2) is 0 Å². The van der Waals surface area contributed by atoms with Crippen LogP contribution in [0.5, 0.6) is 0 Å². The molecule has 11 nitrogen and oxygen atoms in total. The molecule has 3 N–H and O–H groups in total. The van der Waals surface area contributed by atoms with Gasteiger partial charge < -0.3 is 30.2 Å². The van der Waals surface area contributed by atoms with E-state index in [-0.39, 0.29) is 23.6 Å². The highest BCUT2D eigenvalue weighted by atomic mass is 16.5. The molecule has 0 spiro atoms. The summed E-state index contributed by atoms with van der Waals surface area (Å²) in [7, 11) is 3.77. The van der Waals surface area contributed by atoms with Crippen LogP contribution >= 0.6 is 0 Å². The van der Waals surface area contributed by atoms with Crippen molar-refractivity contribution >= 4 is 45.9 Å². The van der Waals surface area contributed by atoms with Crippen molar-refractivity contribution in [2.75, 3.05) is 44.4 Å². The van der Waals surface area contributed by atoms with Crippen LogP contribution in [0.1, 0.15) is 50.1 Å². The van der Waals surface area contributed by atoms with Crippen LogP contribution < -0.4 is 10.6 Å². The Balaban J connectivity index is 0.991. The molecule has 3 saturated heterocycles. The number of anilines is 2. The lowest BCUT2D eigenvalue weighted by molar-refractivity contribution is -0.144. The molecule has 4 atom stereocenters. The average Bonchev–Trinajstić information content (AvgIpc) is 3.95. The Kier molecular flexibility index (Phi) is 9.69. The van der Waals surface area contributed by atoms with E-state index in [0.717, 1.165) is 47.0 Å². The number of likely N-dealkylation sites (N-methyl/N-ethyl adjacent to an activating group) is 1. The summed E-state index contributed by atoms with van der Waals surface area (Å²) in [6, 6.07) is 23.5. The van der Waals surface area contributed by atoms with Gasteiger partial charge in [-0.15, -0.1) is 0 Å². The van der Waals surface area contributed by atoms with E-state index in [1.807, 2.05) is 97.9 Å². The molecule has 3 aliphatic heterocycles. The molecule has 260 valence electrons. The van der Waals surface area contributed by atoms with Crippen LogP contribution in [0.15, 0.2) is 78.9 Å². The van der Waals surface area contributed by atoms with Crippen LogP contribution in [0.3, 0.4) is 0 Å². The lowest BCUT2D eigenvalue weighted by Crippen LogP contribution is -2.47. The first-order valence-electron chi connectivity index (χ1n) is 17.6. The molecule has 3 fully saturated rings. The molecule has 0 radical (unpaired) electrons. The molecule has 3 aromatic carbocycles. The Morgan fingerprint density at radius 1 is 0.780 bits per heavy atom. The first kappa shape index (κ1) is 33.5. The number of aromatic amines is 1. The van der Waals surface area contributed by atoms with Gasteiger partial charge in [0.2, 0.25) is 17.7 Å². The number of hydrogen-bond donors (Lipinski definition) is 3. The quantitative estimate of drug-likeness (QED) is 0.225. The fraction of sp³-hybridized carbons (Fsp3) is 0.385. The molecule has 1 aromatic heterocycles. The van der Waals surface area contributed by atoms with Gasteiger partial charge in [-0.3, -0.25) is 24.1 Å². The minimum absolute atomic E-state index is 0.0693. The molecule has 4 amide bonds. The van der Waals surface area contributed by atoms with Crippen molar-refractivity contribution in [2.24, 2.45) is 0 Å². The topological polar surface area (TPSA) is 127 Å². The van der Waals surface area contributed by atoms with Crippen LogP contribution in [-0.2, 0) is 23.9 Å². The van der Waals surface area contributed by atoms with Crippen LogP contribution in [0.2, 0.25) is 0 Å². The number of rotatable bonds is 9. The SMILES string of the molecule is CN(C)[C@@H](C(=O)N1CCC[C@H]1C(=O)Nc1ccc2[nH]c(-c3ccc(NC(=O)[C@@H]4CCCN4C(=O)[C@H]4CCCO4)cc3)cc2c1)c1ccccc1. The van der Waals surface area contributed by atoms with Crippen LogP contribution in [0, 0.1) is 0 Å². The van der Waals surface area contributed by atoms with Gasteiger partial charge in [0.15, 0.2) is 0 Å². The lowest BCUT2D eigenvalue weighted by Gasteiger charge is -2.31.